The molecule has 1 aliphatic carbocycles. The average molecular weight is 264 g/mol. The summed E-state index contributed by atoms with van der Waals surface area (Å²) in [6, 6.07) is 2.35. The Kier molecular flexibility index (Phi) is 1.76. The van der Waals surface area contributed by atoms with Gasteiger partial charge in [0.05, 0.1) is 0 Å². The second kappa shape index (κ2) is 2.48. The Labute approximate surface area is 78.8 Å². The molecular weight excluding hydrogens is 255 g/mol. The van der Waals surface area contributed by atoms with Crippen LogP contribution in [0, 0.1) is 6.92 Å². The molecule has 0 bridgehead atoms. The maximum atomic E-state index is 2.54. The van der Waals surface area contributed by atoms with Crippen LogP contribution in [0.15, 0.2) is 6.07 Å². The zero-order valence-electron chi connectivity index (χ0n) is 5.86. The maximum absolute atomic E-state index is 2.54. The fourth-order valence-electron chi connectivity index (χ4n) is 1.47. The topological polar surface area (TPSA) is 0 Å². The second-order valence-corrected chi connectivity index (χ2v) is 5.91. The third-order valence-electron chi connectivity index (χ3n) is 1.87. The van der Waals surface area contributed by atoms with Crippen molar-refractivity contribution in [3.8, 4) is 0 Å². The summed E-state index contributed by atoms with van der Waals surface area (Å²) >= 11 is 4.52. The molecule has 0 aromatic carbocycles. The molecule has 1 aromatic rings. The van der Waals surface area contributed by atoms with Crippen molar-refractivity contribution in [2.24, 2.45) is 0 Å². The minimum Gasteiger partial charge on any atom is -0.145 e. The molecule has 0 fully saturated rings. The molecule has 0 nitrogen and oxygen atoms in total. The first-order valence-corrected chi connectivity index (χ1v) is 5.54. The Morgan fingerprint density at radius 3 is 3.10 bits per heavy atom. The molecule has 0 aliphatic heterocycles. The molecule has 54 valence electrons. The molecule has 0 radical (unpaired) electrons. The Hall–Kier alpha value is 0.430. The Morgan fingerprint density at radius 2 is 2.40 bits per heavy atom. The van der Waals surface area contributed by atoms with Crippen molar-refractivity contribution in [2.45, 2.75) is 23.7 Å². The molecule has 2 rings (SSSR count). The van der Waals surface area contributed by atoms with E-state index in [2.05, 4.69) is 35.6 Å². The number of hydrogen-bond acceptors (Lipinski definition) is 1. The minimum absolute atomic E-state index is 0.874. The van der Waals surface area contributed by atoms with E-state index in [0.29, 0.717) is 0 Å². The molecule has 1 atom stereocenters. The Balaban J connectivity index is 2.39. The van der Waals surface area contributed by atoms with E-state index in [-0.39, 0.29) is 0 Å². The molecule has 1 heterocycles. The highest BCUT2D eigenvalue weighted by Gasteiger charge is 2.20. The van der Waals surface area contributed by atoms with E-state index in [1.165, 1.54) is 17.7 Å². The average Bonchev–Trinajstić information content (AvgIpc) is 2.21. The van der Waals surface area contributed by atoms with Crippen LogP contribution >= 0.6 is 33.9 Å². The quantitative estimate of drug-likeness (QED) is 0.499. The highest BCUT2D eigenvalue weighted by atomic mass is 127. The third-order valence-corrected chi connectivity index (χ3v) is 3.86. The number of hydrogen-bond donors (Lipinski definition) is 0. The Morgan fingerprint density at radius 1 is 1.60 bits per heavy atom. The van der Waals surface area contributed by atoms with Gasteiger partial charge in [-0.05, 0) is 31.4 Å². The number of fused-ring (bicyclic) bond motifs is 1. The normalized spacial score (nSPS) is 23.2. The van der Waals surface area contributed by atoms with E-state index in [1.54, 1.807) is 10.4 Å². The number of thiophene rings is 1. The monoisotopic (exact) mass is 264 g/mol. The van der Waals surface area contributed by atoms with Gasteiger partial charge in [-0.25, -0.2) is 0 Å². The van der Waals surface area contributed by atoms with Crippen LogP contribution in [-0.2, 0) is 12.8 Å². The van der Waals surface area contributed by atoms with Gasteiger partial charge in [0.25, 0.3) is 0 Å². The predicted molar refractivity (Wildman–Crippen MR) is 54.3 cm³/mol. The van der Waals surface area contributed by atoms with Crippen LogP contribution in [0.3, 0.4) is 0 Å². The second-order valence-electron chi connectivity index (χ2n) is 2.81. The van der Waals surface area contributed by atoms with Gasteiger partial charge in [0.1, 0.15) is 0 Å². The van der Waals surface area contributed by atoms with E-state index in [0.717, 1.165) is 3.92 Å². The van der Waals surface area contributed by atoms with Crippen LogP contribution in [0.2, 0.25) is 0 Å². The van der Waals surface area contributed by atoms with Crippen molar-refractivity contribution in [2.75, 3.05) is 0 Å². The number of halogens is 1. The zero-order valence-corrected chi connectivity index (χ0v) is 8.83. The van der Waals surface area contributed by atoms with Crippen molar-refractivity contribution >= 4 is 33.9 Å². The highest BCUT2D eigenvalue weighted by Crippen LogP contribution is 2.33. The minimum atomic E-state index is 0.874. The molecule has 1 aliphatic rings. The summed E-state index contributed by atoms with van der Waals surface area (Å²) in [6.45, 7) is 2.20. The summed E-state index contributed by atoms with van der Waals surface area (Å²) < 4.78 is 0.874. The van der Waals surface area contributed by atoms with Crippen LogP contribution in [0.1, 0.15) is 15.3 Å². The fraction of sp³-hybridized carbons (Fsp3) is 0.500. The molecule has 0 spiro atoms. The lowest BCUT2D eigenvalue weighted by atomic mass is 10.2. The number of aryl methyl sites for hydroxylation is 1. The third kappa shape index (κ3) is 1.11. The van der Waals surface area contributed by atoms with Gasteiger partial charge in [-0.3, -0.25) is 0 Å². The summed E-state index contributed by atoms with van der Waals surface area (Å²) in [5.41, 5.74) is 1.61. The van der Waals surface area contributed by atoms with Gasteiger partial charge >= 0.3 is 0 Å². The first-order valence-electron chi connectivity index (χ1n) is 3.48. The molecule has 1 unspecified atom stereocenters. The summed E-state index contributed by atoms with van der Waals surface area (Å²) in [5, 5.41) is 0. The summed E-state index contributed by atoms with van der Waals surface area (Å²) in [4.78, 5) is 3.12. The lowest BCUT2D eigenvalue weighted by molar-refractivity contribution is 0.975. The van der Waals surface area contributed by atoms with Crippen LogP contribution in [0.5, 0.6) is 0 Å². The van der Waals surface area contributed by atoms with Gasteiger partial charge in [-0.15, -0.1) is 11.3 Å². The van der Waals surface area contributed by atoms with Gasteiger partial charge in [0, 0.05) is 13.7 Å². The first-order chi connectivity index (χ1) is 4.75. The highest BCUT2D eigenvalue weighted by molar-refractivity contribution is 14.1. The van der Waals surface area contributed by atoms with Crippen molar-refractivity contribution in [1.82, 2.24) is 0 Å². The van der Waals surface area contributed by atoms with Crippen molar-refractivity contribution in [1.29, 1.82) is 0 Å². The van der Waals surface area contributed by atoms with Crippen LogP contribution in [-0.4, -0.2) is 3.92 Å². The largest absolute Gasteiger partial charge is 0.145 e. The lowest BCUT2D eigenvalue weighted by Crippen LogP contribution is -1.93. The molecule has 0 amide bonds. The Bertz CT molecular complexity index is 228. The predicted octanol–water partition coefficient (Wildman–Crippen LogP) is 2.96. The molecule has 1 aromatic heterocycles. The molecule has 0 saturated carbocycles. The van der Waals surface area contributed by atoms with Crippen molar-refractivity contribution in [3.63, 3.8) is 0 Å². The van der Waals surface area contributed by atoms with Gasteiger partial charge in [0.2, 0.25) is 0 Å². The lowest BCUT2D eigenvalue weighted by Gasteiger charge is -1.93. The van der Waals surface area contributed by atoms with Gasteiger partial charge in [-0.1, -0.05) is 22.6 Å². The molecule has 2 heteroatoms. The summed E-state index contributed by atoms with van der Waals surface area (Å²) in [6.07, 6.45) is 2.62. The number of rotatable bonds is 0. The molecular formula is C8H9IS. The van der Waals surface area contributed by atoms with Crippen LogP contribution in [0.4, 0.5) is 0 Å². The van der Waals surface area contributed by atoms with Crippen LogP contribution in [0.25, 0.3) is 0 Å². The standard InChI is InChI=1S/C8H9IS/c1-5-2-6-3-7(9)4-8(6)10-5/h2,7H,3-4H2,1H3. The van der Waals surface area contributed by atoms with Crippen molar-refractivity contribution in [3.05, 3.63) is 21.4 Å². The summed E-state index contributed by atoms with van der Waals surface area (Å²) in [7, 11) is 0. The number of alkyl halides is 1. The SMILES string of the molecule is Cc1cc2c(s1)CC(I)C2. The van der Waals surface area contributed by atoms with Gasteiger partial charge in [-0.2, -0.15) is 0 Å². The fourth-order valence-corrected chi connectivity index (χ4v) is 3.83. The van der Waals surface area contributed by atoms with E-state index in [1.807, 2.05) is 11.3 Å². The first kappa shape index (κ1) is 7.10. The van der Waals surface area contributed by atoms with E-state index >= 15 is 0 Å². The molecule has 0 N–H and O–H groups in total. The zero-order chi connectivity index (χ0) is 7.14. The van der Waals surface area contributed by atoms with Crippen LogP contribution < -0.4 is 0 Å². The molecule has 0 saturated heterocycles. The van der Waals surface area contributed by atoms with Crippen molar-refractivity contribution < 1.29 is 0 Å². The smallest absolute Gasteiger partial charge is 0.0199 e. The van der Waals surface area contributed by atoms with E-state index in [4.69, 9.17) is 0 Å². The van der Waals surface area contributed by atoms with E-state index < -0.39 is 0 Å². The van der Waals surface area contributed by atoms with Gasteiger partial charge in [0.15, 0.2) is 0 Å². The van der Waals surface area contributed by atoms with E-state index in [9.17, 15) is 0 Å². The summed E-state index contributed by atoms with van der Waals surface area (Å²) in [5.74, 6) is 0. The van der Waals surface area contributed by atoms with Gasteiger partial charge < -0.3 is 0 Å². The maximum Gasteiger partial charge on any atom is 0.0199 e. The molecule has 10 heavy (non-hydrogen) atoms.